The average Bonchev–Trinajstić information content (AvgIpc) is 3.03. The van der Waals surface area contributed by atoms with Gasteiger partial charge in [0, 0.05) is 17.5 Å². The molecule has 1 aliphatic heterocycles. The van der Waals surface area contributed by atoms with Gasteiger partial charge < -0.3 is 14.8 Å². The normalized spacial score (nSPS) is 13.7. The average molecular weight is 514 g/mol. The molecule has 0 saturated heterocycles. The maximum absolute atomic E-state index is 13.4. The number of rotatable bonds is 5. The SMILES string of the molecule is CC(C)(C)OC(=O)N[C@](C)(Cc1ccccc1)C(=O)NNC(=O)C1=Cc2ccccc2Oc2ccccc21. The summed E-state index contributed by atoms with van der Waals surface area (Å²) in [5.74, 6) is -0.0142. The molecule has 8 nitrogen and oxygen atoms in total. The van der Waals surface area contributed by atoms with Crippen molar-refractivity contribution in [3.05, 3.63) is 95.6 Å². The number of ether oxygens (including phenoxy) is 2. The van der Waals surface area contributed by atoms with Gasteiger partial charge in [-0.15, -0.1) is 0 Å². The quantitative estimate of drug-likeness (QED) is 0.416. The standard InChI is InChI=1S/C30H31N3O5/c1-29(2,3)38-28(36)31-30(4,19-20-12-6-5-7-13-20)27(35)33-32-26(34)23-18-21-14-8-10-16-24(21)37-25-17-11-9-15-22(23)25/h5-18H,19H2,1-4H3,(H,31,36)(H,32,34)(H,33,35)/t30-/m1/s1. The summed E-state index contributed by atoms with van der Waals surface area (Å²) in [7, 11) is 0. The van der Waals surface area contributed by atoms with Gasteiger partial charge in [0.1, 0.15) is 22.6 Å². The topological polar surface area (TPSA) is 106 Å². The molecule has 1 atom stereocenters. The minimum atomic E-state index is -1.43. The molecule has 0 saturated carbocycles. The fourth-order valence-corrected chi connectivity index (χ4v) is 4.04. The van der Waals surface area contributed by atoms with Crippen molar-refractivity contribution in [1.29, 1.82) is 0 Å². The number of alkyl carbamates (subject to hydrolysis) is 1. The van der Waals surface area contributed by atoms with Gasteiger partial charge >= 0.3 is 6.09 Å². The van der Waals surface area contributed by atoms with Crippen LogP contribution in [0, 0.1) is 0 Å². The molecule has 8 heteroatoms. The highest BCUT2D eigenvalue weighted by molar-refractivity contribution is 6.25. The minimum absolute atomic E-state index is 0.168. The van der Waals surface area contributed by atoms with Gasteiger partial charge in [-0.2, -0.15) is 0 Å². The van der Waals surface area contributed by atoms with Crippen molar-refractivity contribution in [2.45, 2.75) is 45.3 Å². The van der Waals surface area contributed by atoms with Crippen LogP contribution in [-0.2, 0) is 20.7 Å². The van der Waals surface area contributed by atoms with Crippen molar-refractivity contribution in [1.82, 2.24) is 16.2 Å². The van der Waals surface area contributed by atoms with Crippen LogP contribution in [0.25, 0.3) is 11.6 Å². The number of hydrazine groups is 1. The van der Waals surface area contributed by atoms with E-state index in [0.717, 1.165) is 11.1 Å². The minimum Gasteiger partial charge on any atom is -0.456 e. The number of benzene rings is 3. The Morgan fingerprint density at radius 1 is 0.789 bits per heavy atom. The molecule has 1 aliphatic rings. The summed E-state index contributed by atoms with van der Waals surface area (Å²) in [5, 5.41) is 2.68. The van der Waals surface area contributed by atoms with E-state index < -0.39 is 29.0 Å². The molecular formula is C30H31N3O5. The number of hydrogen-bond acceptors (Lipinski definition) is 5. The molecule has 38 heavy (non-hydrogen) atoms. The zero-order valence-corrected chi connectivity index (χ0v) is 21.8. The highest BCUT2D eigenvalue weighted by atomic mass is 16.6. The fourth-order valence-electron chi connectivity index (χ4n) is 4.04. The van der Waals surface area contributed by atoms with Gasteiger partial charge in [0.15, 0.2) is 0 Å². The van der Waals surface area contributed by atoms with Gasteiger partial charge in [-0.3, -0.25) is 20.4 Å². The van der Waals surface area contributed by atoms with Crippen LogP contribution >= 0.6 is 0 Å². The van der Waals surface area contributed by atoms with Crippen LogP contribution < -0.4 is 20.9 Å². The number of amides is 3. The van der Waals surface area contributed by atoms with E-state index in [1.54, 1.807) is 52.0 Å². The lowest BCUT2D eigenvalue weighted by Gasteiger charge is -2.31. The van der Waals surface area contributed by atoms with Gasteiger partial charge in [0.2, 0.25) is 0 Å². The van der Waals surface area contributed by atoms with Gasteiger partial charge in [-0.05, 0) is 51.5 Å². The Hall–Kier alpha value is -4.59. The third kappa shape index (κ3) is 6.39. The predicted molar refractivity (Wildman–Crippen MR) is 145 cm³/mol. The van der Waals surface area contributed by atoms with Gasteiger partial charge in [0.25, 0.3) is 11.8 Å². The lowest BCUT2D eigenvalue weighted by Crippen LogP contribution is -2.61. The summed E-state index contributed by atoms with van der Waals surface area (Å²) in [4.78, 5) is 39.4. The first-order chi connectivity index (χ1) is 18.0. The summed E-state index contributed by atoms with van der Waals surface area (Å²) >= 11 is 0. The van der Waals surface area contributed by atoms with E-state index in [1.165, 1.54) is 0 Å². The Balaban J connectivity index is 1.56. The Kier molecular flexibility index (Phi) is 7.52. The lowest BCUT2D eigenvalue weighted by atomic mass is 9.92. The van der Waals surface area contributed by atoms with E-state index in [2.05, 4.69) is 16.2 Å². The van der Waals surface area contributed by atoms with Gasteiger partial charge in [-0.25, -0.2) is 4.79 Å². The van der Waals surface area contributed by atoms with Crippen LogP contribution in [0.1, 0.15) is 44.4 Å². The second-order valence-corrected chi connectivity index (χ2v) is 10.2. The molecule has 3 aromatic rings. The van der Waals surface area contributed by atoms with E-state index in [1.807, 2.05) is 60.7 Å². The molecule has 0 spiro atoms. The number of carbonyl (C=O) groups excluding carboxylic acids is 3. The van der Waals surface area contributed by atoms with Crippen molar-refractivity contribution in [3.8, 4) is 11.5 Å². The van der Waals surface area contributed by atoms with Crippen LogP contribution in [0.3, 0.4) is 0 Å². The summed E-state index contributed by atoms with van der Waals surface area (Å²) in [5.41, 5.74) is 5.26. The van der Waals surface area contributed by atoms with Crippen LogP contribution in [-0.4, -0.2) is 29.0 Å². The maximum atomic E-state index is 13.4. The molecule has 0 radical (unpaired) electrons. The number of fused-ring (bicyclic) bond motifs is 2. The molecule has 3 aromatic carbocycles. The van der Waals surface area contributed by atoms with Crippen molar-refractivity contribution < 1.29 is 23.9 Å². The van der Waals surface area contributed by atoms with E-state index >= 15 is 0 Å². The highest BCUT2D eigenvalue weighted by Crippen LogP contribution is 2.37. The molecule has 3 N–H and O–H groups in total. The first kappa shape index (κ1) is 26.5. The number of para-hydroxylation sites is 2. The Bertz CT molecular complexity index is 1380. The zero-order chi connectivity index (χ0) is 27.3. The van der Waals surface area contributed by atoms with Crippen molar-refractivity contribution in [3.63, 3.8) is 0 Å². The summed E-state index contributed by atoms with van der Waals surface area (Å²) < 4.78 is 11.4. The molecular weight excluding hydrogens is 482 g/mol. The van der Waals surface area contributed by atoms with E-state index in [4.69, 9.17) is 9.47 Å². The molecule has 1 heterocycles. The third-order valence-corrected chi connectivity index (χ3v) is 5.83. The van der Waals surface area contributed by atoms with Crippen LogP contribution in [0.5, 0.6) is 11.5 Å². The largest absolute Gasteiger partial charge is 0.456 e. The second kappa shape index (κ2) is 10.8. The number of hydrogen-bond donors (Lipinski definition) is 3. The Labute approximate surface area is 222 Å². The molecule has 0 aliphatic carbocycles. The van der Waals surface area contributed by atoms with Crippen molar-refractivity contribution in [2.24, 2.45) is 0 Å². The summed E-state index contributed by atoms with van der Waals surface area (Å²) in [6.07, 6.45) is 1.14. The smallest absolute Gasteiger partial charge is 0.408 e. The highest BCUT2D eigenvalue weighted by Gasteiger charge is 2.37. The molecule has 0 fully saturated rings. The van der Waals surface area contributed by atoms with E-state index in [-0.39, 0.29) is 6.42 Å². The first-order valence-corrected chi connectivity index (χ1v) is 12.3. The first-order valence-electron chi connectivity index (χ1n) is 12.3. The van der Waals surface area contributed by atoms with Crippen molar-refractivity contribution >= 4 is 29.6 Å². The monoisotopic (exact) mass is 513 g/mol. The molecule has 0 unspecified atom stereocenters. The number of nitrogens with one attached hydrogen (secondary N) is 3. The zero-order valence-electron chi connectivity index (χ0n) is 21.8. The maximum Gasteiger partial charge on any atom is 0.408 e. The predicted octanol–water partition coefficient (Wildman–Crippen LogP) is 5.01. The van der Waals surface area contributed by atoms with Crippen molar-refractivity contribution in [2.75, 3.05) is 0 Å². The van der Waals surface area contributed by atoms with Crippen LogP contribution in [0.15, 0.2) is 78.9 Å². The number of carbonyl (C=O) groups is 3. The van der Waals surface area contributed by atoms with Crippen LogP contribution in [0.2, 0.25) is 0 Å². The lowest BCUT2D eigenvalue weighted by molar-refractivity contribution is -0.131. The van der Waals surface area contributed by atoms with Crippen LogP contribution in [0.4, 0.5) is 4.79 Å². The summed E-state index contributed by atoms with van der Waals surface area (Å²) in [6, 6.07) is 23.8. The summed E-state index contributed by atoms with van der Waals surface area (Å²) in [6.45, 7) is 6.79. The van der Waals surface area contributed by atoms with Gasteiger partial charge in [-0.1, -0.05) is 66.7 Å². The van der Waals surface area contributed by atoms with E-state index in [9.17, 15) is 14.4 Å². The van der Waals surface area contributed by atoms with Gasteiger partial charge in [0.05, 0.1) is 5.57 Å². The molecule has 3 amide bonds. The molecule has 196 valence electrons. The Morgan fingerprint density at radius 2 is 1.42 bits per heavy atom. The third-order valence-electron chi connectivity index (χ3n) is 5.83. The molecule has 0 bridgehead atoms. The van der Waals surface area contributed by atoms with E-state index in [0.29, 0.717) is 22.6 Å². The fraction of sp³-hybridized carbons (Fsp3) is 0.233. The molecule has 4 rings (SSSR count). The Morgan fingerprint density at radius 3 is 2.13 bits per heavy atom. The second-order valence-electron chi connectivity index (χ2n) is 10.2. The molecule has 0 aromatic heterocycles.